The quantitative estimate of drug-likeness (QED) is 0.415. The molecule has 2 aromatic heterocycles. The molecule has 0 amide bonds. The molecule has 0 radical (unpaired) electrons. The molecule has 0 spiro atoms. The van der Waals surface area contributed by atoms with Gasteiger partial charge in [0.1, 0.15) is 5.01 Å². The van der Waals surface area contributed by atoms with Crippen molar-refractivity contribution < 1.29 is 0 Å². The Bertz CT molecular complexity index is 1140. The van der Waals surface area contributed by atoms with Crippen LogP contribution in [0, 0.1) is 11.7 Å². The molecule has 0 aliphatic carbocycles. The number of aryl methyl sites for hydroxylation is 1. The summed E-state index contributed by atoms with van der Waals surface area (Å²) in [4.78, 5) is 6.92. The highest BCUT2D eigenvalue weighted by Gasteiger charge is 2.14. The lowest BCUT2D eigenvalue weighted by Gasteiger charge is -2.14. The van der Waals surface area contributed by atoms with Crippen molar-refractivity contribution in [1.82, 2.24) is 24.2 Å². The highest BCUT2D eigenvalue weighted by atomic mass is 32.1. The van der Waals surface area contributed by atoms with E-state index in [9.17, 15) is 0 Å². The van der Waals surface area contributed by atoms with E-state index in [0.717, 1.165) is 39.8 Å². The molecule has 0 N–H and O–H groups in total. The fraction of sp³-hybridized carbons (Fsp3) is 0.286. The van der Waals surface area contributed by atoms with Gasteiger partial charge in [0.05, 0.1) is 23.4 Å². The highest BCUT2D eigenvalue weighted by Crippen LogP contribution is 2.23. The van der Waals surface area contributed by atoms with Crippen LogP contribution in [0.2, 0.25) is 0 Å². The second-order valence-corrected chi connectivity index (χ2v) is 8.43. The van der Waals surface area contributed by atoms with Crippen LogP contribution >= 0.6 is 23.6 Å². The second-order valence-electron chi connectivity index (χ2n) is 6.95. The van der Waals surface area contributed by atoms with Crippen LogP contribution in [0.1, 0.15) is 17.5 Å². The molecule has 0 aliphatic rings. The van der Waals surface area contributed by atoms with Crippen LogP contribution in [0.3, 0.4) is 0 Å². The topological polar surface area (TPSA) is 38.9 Å². The van der Waals surface area contributed by atoms with Gasteiger partial charge in [0.15, 0.2) is 10.6 Å². The molecule has 0 saturated heterocycles. The third kappa shape index (κ3) is 3.78. The molecule has 2 heterocycles. The van der Waals surface area contributed by atoms with Crippen molar-refractivity contribution >= 4 is 33.8 Å². The Labute approximate surface area is 173 Å². The molecule has 2 aromatic carbocycles. The van der Waals surface area contributed by atoms with Gasteiger partial charge in [-0.15, -0.1) is 11.3 Å². The van der Waals surface area contributed by atoms with Gasteiger partial charge in [0.25, 0.3) is 0 Å². The summed E-state index contributed by atoms with van der Waals surface area (Å²) in [5.74, 6) is 0.921. The number of aromatic nitrogens is 4. The molecule has 0 saturated carbocycles. The fourth-order valence-corrected chi connectivity index (χ4v) is 4.67. The van der Waals surface area contributed by atoms with Gasteiger partial charge in [-0.1, -0.05) is 35.9 Å². The standard InChI is InChI=1S/C21H23N5S2/c1-4-25-20(16-9-7-8-15(2)12-16)23-26(21(25)27)14-24(3)13-19-22-17-10-5-6-11-18(17)28-19/h5-12H,4,13-14H2,1-3H3. The van der Waals surface area contributed by atoms with Gasteiger partial charge in [0, 0.05) is 12.1 Å². The average Bonchev–Trinajstić information content (AvgIpc) is 3.22. The molecule has 7 heteroatoms. The zero-order chi connectivity index (χ0) is 19.7. The van der Waals surface area contributed by atoms with Gasteiger partial charge in [-0.2, -0.15) is 5.10 Å². The maximum Gasteiger partial charge on any atom is 0.199 e. The summed E-state index contributed by atoms with van der Waals surface area (Å²) in [7, 11) is 2.07. The van der Waals surface area contributed by atoms with E-state index in [0.29, 0.717) is 6.67 Å². The van der Waals surface area contributed by atoms with E-state index in [1.165, 1.54) is 10.3 Å². The van der Waals surface area contributed by atoms with Crippen molar-refractivity contribution in [3.8, 4) is 11.4 Å². The normalized spacial score (nSPS) is 11.6. The summed E-state index contributed by atoms with van der Waals surface area (Å²) in [5.41, 5.74) is 3.37. The molecule has 144 valence electrons. The van der Waals surface area contributed by atoms with Crippen molar-refractivity contribution in [2.75, 3.05) is 7.05 Å². The van der Waals surface area contributed by atoms with E-state index in [-0.39, 0.29) is 0 Å². The molecular formula is C21H23N5S2. The molecule has 5 nitrogen and oxygen atoms in total. The summed E-state index contributed by atoms with van der Waals surface area (Å²) in [6.07, 6.45) is 0. The lowest BCUT2D eigenvalue weighted by atomic mass is 10.1. The van der Waals surface area contributed by atoms with Crippen molar-refractivity contribution in [3.05, 3.63) is 63.9 Å². The number of fused-ring (bicyclic) bond motifs is 1. The maximum absolute atomic E-state index is 5.70. The molecule has 0 aliphatic heterocycles. The zero-order valence-electron chi connectivity index (χ0n) is 16.3. The van der Waals surface area contributed by atoms with Gasteiger partial charge < -0.3 is 4.57 Å². The number of thiazole rings is 1. The van der Waals surface area contributed by atoms with Crippen LogP contribution in [-0.4, -0.2) is 31.3 Å². The van der Waals surface area contributed by atoms with E-state index in [2.05, 4.69) is 72.8 Å². The molecule has 0 unspecified atom stereocenters. The van der Waals surface area contributed by atoms with E-state index in [4.69, 9.17) is 22.3 Å². The van der Waals surface area contributed by atoms with Crippen LogP contribution < -0.4 is 0 Å². The van der Waals surface area contributed by atoms with Crippen molar-refractivity contribution in [2.45, 2.75) is 33.6 Å². The van der Waals surface area contributed by atoms with E-state index >= 15 is 0 Å². The lowest BCUT2D eigenvalue weighted by molar-refractivity contribution is 0.243. The predicted molar refractivity (Wildman–Crippen MR) is 118 cm³/mol. The number of benzene rings is 2. The van der Waals surface area contributed by atoms with Crippen molar-refractivity contribution in [1.29, 1.82) is 0 Å². The van der Waals surface area contributed by atoms with Gasteiger partial charge in [0.2, 0.25) is 0 Å². The van der Waals surface area contributed by atoms with Crippen LogP contribution in [0.15, 0.2) is 48.5 Å². The third-order valence-corrected chi connectivity index (χ3v) is 6.09. The molecule has 0 atom stereocenters. The minimum absolute atomic E-state index is 0.626. The molecule has 0 fully saturated rings. The number of hydrogen-bond donors (Lipinski definition) is 0. The summed E-state index contributed by atoms with van der Waals surface area (Å²) in [6, 6.07) is 16.6. The van der Waals surface area contributed by atoms with E-state index in [1.54, 1.807) is 11.3 Å². The van der Waals surface area contributed by atoms with Crippen molar-refractivity contribution in [3.63, 3.8) is 0 Å². The first-order valence-corrected chi connectivity index (χ1v) is 10.6. The summed E-state index contributed by atoms with van der Waals surface area (Å²) < 4.78 is 5.97. The highest BCUT2D eigenvalue weighted by molar-refractivity contribution is 7.71. The van der Waals surface area contributed by atoms with Crippen LogP contribution in [0.4, 0.5) is 0 Å². The second kappa shape index (κ2) is 7.95. The summed E-state index contributed by atoms with van der Waals surface area (Å²) >= 11 is 7.44. The number of rotatable bonds is 6. The monoisotopic (exact) mass is 409 g/mol. The number of hydrogen-bond acceptors (Lipinski definition) is 5. The maximum atomic E-state index is 5.70. The molecule has 28 heavy (non-hydrogen) atoms. The fourth-order valence-electron chi connectivity index (χ4n) is 3.31. The van der Waals surface area contributed by atoms with Gasteiger partial charge in [-0.05, 0) is 51.3 Å². The smallest absolute Gasteiger partial charge is 0.199 e. The predicted octanol–water partition coefficient (Wildman–Crippen LogP) is 5.11. The van der Waals surface area contributed by atoms with Crippen LogP contribution in [-0.2, 0) is 19.8 Å². The largest absolute Gasteiger partial charge is 0.300 e. The zero-order valence-corrected chi connectivity index (χ0v) is 17.9. The molecule has 4 rings (SSSR count). The van der Waals surface area contributed by atoms with Crippen LogP contribution in [0.5, 0.6) is 0 Å². The van der Waals surface area contributed by atoms with Gasteiger partial charge in [-0.25, -0.2) is 9.67 Å². The first-order chi connectivity index (χ1) is 13.5. The summed E-state index contributed by atoms with van der Waals surface area (Å²) in [5, 5.41) is 5.93. The summed E-state index contributed by atoms with van der Waals surface area (Å²) in [6.45, 7) is 6.38. The lowest BCUT2D eigenvalue weighted by Crippen LogP contribution is -2.22. The Kier molecular flexibility index (Phi) is 5.39. The molecule has 0 bridgehead atoms. The Balaban J connectivity index is 1.58. The Hall–Kier alpha value is -2.35. The molecule has 4 aromatic rings. The van der Waals surface area contributed by atoms with Gasteiger partial charge in [-0.3, -0.25) is 4.90 Å². The van der Waals surface area contributed by atoms with Gasteiger partial charge >= 0.3 is 0 Å². The Morgan fingerprint density at radius 1 is 1.14 bits per heavy atom. The molecular weight excluding hydrogens is 386 g/mol. The SMILES string of the molecule is CCn1c(-c2cccc(C)c2)nn(CN(C)Cc2nc3ccccc3s2)c1=S. The van der Waals surface area contributed by atoms with Crippen molar-refractivity contribution in [2.24, 2.45) is 0 Å². The number of para-hydroxylation sites is 1. The van der Waals surface area contributed by atoms with E-state index < -0.39 is 0 Å². The Morgan fingerprint density at radius 3 is 2.71 bits per heavy atom. The average molecular weight is 410 g/mol. The Morgan fingerprint density at radius 2 is 1.96 bits per heavy atom. The van der Waals surface area contributed by atoms with Crippen LogP contribution in [0.25, 0.3) is 21.6 Å². The number of nitrogens with zero attached hydrogens (tertiary/aromatic N) is 5. The first-order valence-electron chi connectivity index (χ1n) is 9.33. The third-order valence-electron chi connectivity index (χ3n) is 4.63. The van der Waals surface area contributed by atoms with E-state index in [1.807, 2.05) is 10.7 Å². The minimum Gasteiger partial charge on any atom is -0.300 e. The first kappa shape index (κ1) is 19.0. The minimum atomic E-state index is 0.626.